The van der Waals surface area contributed by atoms with Gasteiger partial charge in [-0.05, 0) is 37.1 Å². The van der Waals surface area contributed by atoms with Crippen LogP contribution in [0.15, 0.2) is 24.3 Å². The Balaban J connectivity index is 1.84. The van der Waals surface area contributed by atoms with Crippen LogP contribution in [0, 0.1) is 0 Å². The molecule has 1 aliphatic heterocycles. The molecular weight excluding hydrogens is 417 g/mol. The molecule has 10 heteroatoms. The van der Waals surface area contributed by atoms with E-state index in [2.05, 4.69) is 15.5 Å². The largest absolute Gasteiger partial charge is 0.376 e. The van der Waals surface area contributed by atoms with Gasteiger partial charge in [-0.3, -0.25) is 19.7 Å². The Morgan fingerprint density at radius 1 is 1.14 bits per heavy atom. The second-order valence-electron chi connectivity index (χ2n) is 6.63. The summed E-state index contributed by atoms with van der Waals surface area (Å²) in [5.41, 5.74) is 7.11. The highest BCUT2D eigenvalue weighted by molar-refractivity contribution is 6.18. The van der Waals surface area contributed by atoms with E-state index in [1.807, 2.05) is 24.3 Å². The standard InChI is InChI=1S/C19H27Cl2N5O3/c20-7-10-25(11-8-21)15-5-3-14(4-6-15)23-13-17(27)24-19(29)16-2-1-9-26(16)18(28)12-22/h3-6,16,23H,1-2,7-13,22H2,(H,24,27,29)/t16-/m0/s1. The fourth-order valence-electron chi connectivity index (χ4n) is 3.27. The number of hydrogen-bond acceptors (Lipinski definition) is 6. The molecule has 1 aromatic rings. The molecule has 1 aromatic carbocycles. The molecule has 1 atom stereocenters. The fraction of sp³-hybridized carbons (Fsp3) is 0.526. The van der Waals surface area contributed by atoms with E-state index in [-0.39, 0.29) is 19.0 Å². The molecule has 0 saturated carbocycles. The Labute approximate surface area is 180 Å². The summed E-state index contributed by atoms with van der Waals surface area (Å²) in [6.07, 6.45) is 1.24. The molecule has 1 fully saturated rings. The number of halogens is 2. The summed E-state index contributed by atoms with van der Waals surface area (Å²) in [4.78, 5) is 39.7. The number of rotatable bonds is 10. The molecule has 0 radical (unpaired) electrons. The maximum absolute atomic E-state index is 12.3. The van der Waals surface area contributed by atoms with Crippen LogP contribution in [-0.2, 0) is 14.4 Å². The summed E-state index contributed by atoms with van der Waals surface area (Å²) in [7, 11) is 0. The van der Waals surface area contributed by atoms with Crippen LogP contribution < -0.4 is 21.3 Å². The van der Waals surface area contributed by atoms with Crippen LogP contribution in [0.5, 0.6) is 0 Å². The Bertz CT molecular complexity index is 696. The summed E-state index contributed by atoms with van der Waals surface area (Å²) >= 11 is 11.6. The van der Waals surface area contributed by atoms with Crippen molar-refractivity contribution in [2.24, 2.45) is 5.73 Å². The van der Waals surface area contributed by atoms with E-state index in [9.17, 15) is 14.4 Å². The second kappa shape index (κ2) is 11.8. The van der Waals surface area contributed by atoms with Crippen LogP contribution in [0.2, 0.25) is 0 Å². The molecular formula is C19H27Cl2N5O3. The number of benzene rings is 1. The third-order valence-electron chi connectivity index (χ3n) is 4.71. The topological polar surface area (TPSA) is 108 Å². The van der Waals surface area contributed by atoms with Crippen molar-refractivity contribution >= 4 is 52.3 Å². The predicted molar refractivity (Wildman–Crippen MR) is 116 cm³/mol. The number of hydrogen-bond donors (Lipinski definition) is 3. The van der Waals surface area contributed by atoms with E-state index in [4.69, 9.17) is 28.9 Å². The van der Waals surface area contributed by atoms with Gasteiger partial charge < -0.3 is 20.9 Å². The van der Waals surface area contributed by atoms with Crippen molar-refractivity contribution in [1.29, 1.82) is 0 Å². The van der Waals surface area contributed by atoms with Crippen molar-refractivity contribution < 1.29 is 14.4 Å². The fourth-order valence-corrected chi connectivity index (χ4v) is 3.67. The van der Waals surface area contributed by atoms with Crippen molar-refractivity contribution in [3.63, 3.8) is 0 Å². The Morgan fingerprint density at radius 3 is 2.38 bits per heavy atom. The van der Waals surface area contributed by atoms with Crippen molar-refractivity contribution in [3.8, 4) is 0 Å². The first-order chi connectivity index (χ1) is 14.0. The molecule has 0 spiro atoms. The van der Waals surface area contributed by atoms with Gasteiger partial charge in [0.15, 0.2) is 0 Å². The minimum absolute atomic E-state index is 0.0598. The summed E-state index contributed by atoms with van der Waals surface area (Å²) in [6.45, 7) is 1.66. The smallest absolute Gasteiger partial charge is 0.249 e. The second-order valence-corrected chi connectivity index (χ2v) is 7.38. The SMILES string of the molecule is NCC(=O)N1CCC[C@H]1C(=O)NC(=O)CNc1ccc(N(CCCl)CCCl)cc1. The third-order valence-corrected chi connectivity index (χ3v) is 5.05. The van der Waals surface area contributed by atoms with Gasteiger partial charge in [0.1, 0.15) is 6.04 Å². The monoisotopic (exact) mass is 443 g/mol. The van der Waals surface area contributed by atoms with Crippen molar-refractivity contribution in [2.45, 2.75) is 18.9 Å². The van der Waals surface area contributed by atoms with E-state index in [0.717, 1.165) is 11.4 Å². The summed E-state index contributed by atoms with van der Waals surface area (Å²) in [5.74, 6) is -0.215. The molecule has 1 aliphatic rings. The first kappa shape index (κ1) is 23.3. The molecule has 8 nitrogen and oxygen atoms in total. The zero-order valence-corrected chi connectivity index (χ0v) is 17.7. The molecule has 0 aliphatic carbocycles. The number of anilines is 2. The molecule has 3 amide bonds. The lowest BCUT2D eigenvalue weighted by atomic mass is 10.2. The number of alkyl halides is 2. The lowest BCUT2D eigenvalue weighted by Crippen LogP contribution is -2.50. The van der Waals surface area contributed by atoms with Crippen LogP contribution in [0.1, 0.15) is 12.8 Å². The van der Waals surface area contributed by atoms with Gasteiger partial charge >= 0.3 is 0 Å². The molecule has 0 aromatic heterocycles. The van der Waals surface area contributed by atoms with Gasteiger partial charge in [0.2, 0.25) is 17.7 Å². The highest BCUT2D eigenvalue weighted by atomic mass is 35.5. The number of nitrogens with one attached hydrogen (secondary N) is 2. The van der Waals surface area contributed by atoms with Gasteiger partial charge in [0.05, 0.1) is 13.1 Å². The number of nitrogens with two attached hydrogens (primary N) is 1. The number of carbonyl (C=O) groups is 3. The van der Waals surface area contributed by atoms with Crippen LogP contribution in [0.3, 0.4) is 0 Å². The van der Waals surface area contributed by atoms with Crippen LogP contribution in [0.25, 0.3) is 0 Å². The lowest BCUT2D eigenvalue weighted by Gasteiger charge is -2.23. The average molecular weight is 444 g/mol. The van der Waals surface area contributed by atoms with E-state index in [0.29, 0.717) is 44.2 Å². The van der Waals surface area contributed by atoms with Gasteiger partial charge in [-0.1, -0.05) is 0 Å². The van der Waals surface area contributed by atoms with Crippen molar-refractivity contribution in [2.75, 3.05) is 54.7 Å². The van der Waals surface area contributed by atoms with E-state index in [1.165, 1.54) is 4.90 Å². The highest BCUT2D eigenvalue weighted by Crippen LogP contribution is 2.19. The first-order valence-electron chi connectivity index (χ1n) is 9.54. The Hall–Kier alpha value is -2.03. The maximum atomic E-state index is 12.3. The predicted octanol–water partition coefficient (Wildman–Crippen LogP) is 0.975. The van der Waals surface area contributed by atoms with Crippen molar-refractivity contribution in [3.05, 3.63) is 24.3 Å². The minimum atomic E-state index is -0.635. The van der Waals surface area contributed by atoms with Gasteiger partial charge in [-0.2, -0.15) is 0 Å². The van der Waals surface area contributed by atoms with Gasteiger partial charge in [0.25, 0.3) is 0 Å². The molecule has 0 bridgehead atoms. The molecule has 2 rings (SSSR count). The number of imide groups is 1. The van der Waals surface area contributed by atoms with E-state index >= 15 is 0 Å². The normalized spacial score (nSPS) is 15.8. The molecule has 29 heavy (non-hydrogen) atoms. The van der Waals surface area contributed by atoms with Crippen LogP contribution in [0.4, 0.5) is 11.4 Å². The van der Waals surface area contributed by atoms with Gasteiger partial charge in [0, 0.05) is 42.8 Å². The quantitative estimate of drug-likeness (QED) is 0.465. The summed E-state index contributed by atoms with van der Waals surface area (Å²) < 4.78 is 0. The Kier molecular flexibility index (Phi) is 9.50. The third kappa shape index (κ3) is 6.76. The molecule has 1 heterocycles. The summed E-state index contributed by atoms with van der Waals surface area (Å²) in [6, 6.07) is 6.89. The highest BCUT2D eigenvalue weighted by Gasteiger charge is 2.33. The van der Waals surface area contributed by atoms with E-state index in [1.54, 1.807) is 0 Å². The minimum Gasteiger partial charge on any atom is -0.376 e. The Morgan fingerprint density at radius 2 is 1.79 bits per heavy atom. The van der Waals surface area contributed by atoms with E-state index < -0.39 is 17.9 Å². The summed E-state index contributed by atoms with van der Waals surface area (Å²) in [5, 5.41) is 5.33. The number of likely N-dealkylation sites (tertiary alicyclic amines) is 1. The molecule has 0 unspecified atom stereocenters. The van der Waals surface area contributed by atoms with Crippen molar-refractivity contribution in [1.82, 2.24) is 10.2 Å². The number of carbonyl (C=O) groups excluding carboxylic acids is 3. The van der Waals surface area contributed by atoms with Crippen LogP contribution in [-0.4, -0.2) is 73.1 Å². The maximum Gasteiger partial charge on any atom is 0.249 e. The molecule has 1 saturated heterocycles. The van der Waals surface area contributed by atoms with Gasteiger partial charge in [-0.25, -0.2) is 0 Å². The number of nitrogens with zero attached hydrogens (tertiary/aromatic N) is 2. The molecule has 160 valence electrons. The molecule has 4 N–H and O–H groups in total. The first-order valence-corrected chi connectivity index (χ1v) is 10.6. The lowest BCUT2D eigenvalue weighted by molar-refractivity contribution is -0.139. The average Bonchev–Trinajstić information content (AvgIpc) is 3.22. The number of amides is 3. The zero-order valence-electron chi connectivity index (χ0n) is 16.2. The van der Waals surface area contributed by atoms with Gasteiger partial charge in [-0.15, -0.1) is 23.2 Å². The zero-order chi connectivity index (χ0) is 21.2. The van der Waals surface area contributed by atoms with Crippen LogP contribution >= 0.6 is 23.2 Å².